The van der Waals surface area contributed by atoms with Crippen LogP contribution in [0.25, 0.3) is 0 Å². The Hall–Kier alpha value is -2.38. The van der Waals surface area contributed by atoms with Crippen LogP contribution in [0.5, 0.6) is 0 Å². The summed E-state index contributed by atoms with van der Waals surface area (Å²) >= 11 is 0. The number of nitrogens with zero attached hydrogens (tertiary/aromatic N) is 2. The number of carbonyl (C=O) groups excluding carboxylic acids is 1. The van der Waals surface area contributed by atoms with Crippen LogP contribution in [-0.2, 0) is 10.0 Å². The Bertz CT molecular complexity index is 884. The number of hydrogen-bond acceptors (Lipinski definition) is 4. The third-order valence-electron chi connectivity index (χ3n) is 4.62. The predicted octanol–water partition coefficient (Wildman–Crippen LogP) is 1.95. The van der Waals surface area contributed by atoms with E-state index in [-0.39, 0.29) is 16.8 Å². The third kappa shape index (κ3) is 3.59. The van der Waals surface area contributed by atoms with Gasteiger partial charge in [0, 0.05) is 38.3 Å². The largest absolute Gasteiger partial charge is 0.333 e. The second kappa shape index (κ2) is 7.47. The highest BCUT2D eigenvalue weighted by atomic mass is 32.2. The molecule has 0 unspecified atom stereocenters. The molecule has 0 spiro atoms. The predicted molar refractivity (Wildman–Crippen MR) is 102 cm³/mol. The number of benzene rings is 2. The summed E-state index contributed by atoms with van der Waals surface area (Å²) in [4.78, 5) is 14.7. The van der Waals surface area contributed by atoms with Crippen LogP contribution in [0.4, 0.5) is 5.69 Å². The molecule has 0 aromatic heterocycles. The molecule has 1 N–H and O–H groups in total. The van der Waals surface area contributed by atoms with Crippen LogP contribution in [0.1, 0.15) is 17.3 Å². The van der Waals surface area contributed by atoms with E-state index >= 15 is 0 Å². The van der Waals surface area contributed by atoms with Crippen molar-refractivity contribution in [3.63, 3.8) is 0 Å². The van der Waals surface area contributed by atoms with Crippen LogP contribution in [0.15, 0.2) is 59.5 Å². The van der Waals surface area contributed by atoms with Gasteiger partial charge in [-0.05, 0) is 37.3 Å². The molecule has 6 nitrogen and oxygen atoms in total. The van der Waals surface area contributed by atoms with Gasteiger partial charge in [0.25, 0.3) is 15.9 Å². The van der Waals surface area contributed by atoms with Crippen molar-refractivity contribution in [2.24, 2.45) is 0 Å². The number of piperazine rings is 1. The van der Waals surface area contributed by atoms with Crippen LogP contribution in [-0.4, -0.2) is 51.9 Å². The van der Waals surface area contributed by atoms with Crippen molar-refractivity contribution in [2.75, 3.05) is 31.0 Å². The summed E-state index contributed by atoms with van der Waals surface area (Å²) in [6.45, 7) is 4.07. The van der Waals surface area contributed by atoms with Gasteiger partial charge in [-0.15, -0.1) is 0 Å². The number of carbonyl (C=O) groups is 1. The maximum absolute atomic E-state index is 12.9. The minimum atomic E-state index is -3.74. The fraction of sp³-hybridized carbons (Fsp3) is 0.316. The molecule has 0 saturated carbocycles. The van der Waals surface area contributed by atoms with E-state index in [1.807, 2.05) is 13.0 Å². The van der Waals surface area contributed by atoms with E-state index in [1.54, 1.807) is 41.3 Å². The van der Waals surface area contributed by atoms with Crippen molar-refractivity contribution in [1.29, 1.82) is 0 Å². The first-order valence-electron chi connectivity index (χ1n) is 8.57. The highest BCUT2D eigenvalue weighted by Crippen LogP contribution is 2.23. The number of sulfonamides is 1. The molecule has 0 aliphatic carbocycles. The topological polar surface area (TPSA) is 69.7 Å². The molecular formula is C19H23N3O3S. The molecule has 0 radical (unpaired) electrons. The number of anilines is 1. The Morgan fingerprint density at radius 2 is 1.88 bits per heavy atom. The molecule has 1 atom stereocenters. The van der Waals surface area contributed by atoms with Crippen LogP contribution < -0.4 is 9.62 Å². The zero-order valence-electron chi connectivity index (χ0n) is 14.9. The maximum Gasteiger partial charge on any atom is 0.264 e. The molecular weight excluding hydrogens is 350 g/mol. The zero-order chi connectivity index (χ0) is 18.7. The second-order valence-corrected chi connectivity index (χ2v) is 8.36. The molecule has 7 heteroatoms. The smallest absolute Gasteiger partial charge is 0.264 e. The van der Waals surface area contributed by atoms with E-state index < -0.39 is 10.0 Å². The van der Waals surface area contributed by atoms with Gasteiger partial charge in [0.2, 0.25) is 0 Å². The van der Waals surface area contributed by atoms with Gasteiger partial charge in [-0.3, -0.25) is 9.10 Å². The van der Waals surface area contributed by atoms with Gasteiger partial charge in [0.15, 0.2) is 0 Å². The summed E-state index contributed by atoms with van der Waals surface area (Å²) in [5.74, 6) is -0.140. The van der Waals surface area contributed by atoms with E-state index in [9.17, 15) is 13.2 Å². The molecule has 1 amide bonds. The van der Waals surface area contributed by atoms with E-state index in [0.717, 1.165) is 13.1 Å². The summed E-state index contributed by atoms with van der Waals surface area (Å²) in [7, 11) is -2.23. The van der Waals surface area contributed by atoms with E-state index in [1.165, 1.54) is 23.5 Å². The van der Waals surface area contributed by atoms with E-state index in [0.29, 0.717) is 17.8 Å². The maximum atomic E-state index is 12.9. The Balaban J connectivity index is 1.90. The van der Waals surface area contributed by atoms with Crippen molar-refractivity contribution in [3.05, 3.63) is 60.2 Å². The van der Waals surface area contributed by atoms with Crippen LogP contribution in [0.3, 0.4) is 0 Å². The summed E-state index contributed by atoms with van der Waals surface area (Å²) in [6.07, 6.45) is 0. The highest BCUT2D eigenvalue weighted by molar-refractivity contribution is 7.92. The second-order valence-electron chi connectivity index (χ2n) is 6.39. The molecule has 1 aliphatic rings. The highest BCUT2D eigenvalue weighted by Gasteiger charge is 2.26. The molecule has 138 valence electrons. The number of para-hydroxylation sites is 1. The van der Waals surface area contributed by atoms with Gasteiger partial charge < -0.3 is 10.2 Å². The minimum absolute atomic E-state index is 0.0727. The van der Waals surface area contributed by atoms with Gasteiger partial charge >= 0.3 is 0 Å². The van der Waals surface area contributed by atoms with Gasteiger partial charge in [0.05, 0.1) is 10.6 Å². The molecule has 1 fully saturated rings. The molecule has 2 aromatic carbocycles. The lowest BCUT2D eigenvalue weighted by Gasteiger charge is -2.34. The Labute approximate surface area is 154 Å². The summed E-state index contributed by atoms with van der Waals surface area (Å²) in [5.41, 5.74) is 0.959. The molecule has 1 saturated heterocycles. The van der Waals surface area contributed by atoms with Crippen molar-refractivity contribution in [1.82, 2.24) is 10.2 Å². The SMILES string of the molecule is C[C@@H]1CNCCN1C(=O)c1cccc(S(=O)(=O)N(C)c2ccccc2)c1. The number of rotatable bonds is 4. The third-order valence-corrected chi connectivity index (χ3v) is 6.40. The van der Waals surface area contributed by atoms with Crippen LogP contribution in [0, 0.1) is 0 Å². The quantitative estimate of drug-likeness (QED) is 0.889. The molecule has 0 bridgehead atoms. The fourth-order valence-electron chi connectivity index (χ4n) is 3.03. The molecule has 2 aromatic rings. The Kier molecular flexibility index (Phi) is 5.29. The number of amides is 1. The molecule has 3 rings (SSSR count). The standard InChI is InChI=1S/C19H23N3O3S/c1-15-14-20-11-12-22(15)19(23)16-7-6-10-18(13-16)26(24,25)21(2)17-8-4-3-5-9-17/h3-10,13,15,20H,11-12,14H2,1-2H3/t15-/m1/s1. The summed E-state index contributed by atoms with van der Waals surface area (Å²) in [5, 5.41) is 3.24. The Morgan fingerprint density at radius 3 is 2.58 bits per heavy atom. The average Bonchev–Trinajstić information content (AvgIpc) is 2.68. The molecule has 26 heavy (non-hydrogen) atoms. The van der Waals surface area contributed by atoms with Crippen LogP contribution >= 0.6 is 0 Å². The van der Waals surface area contributed by atoms with E-state index in [4.69, 9.17) is 0 Å². The number of nitrogens with one attached hydrogen (secondary N) is 1. The fourth-order valence-corrected chi connectivity index (χ4v) is 4.27. The average molecular weight is 373 g/mol. The monoisotopic (exact) mass is 373 g/mol. The normalized spacial score (nSPS) is 17.8. The van der Waals surface area contributed by atoms with Gasteiger partial charge in [-0.25, -0.2) is 8.42 Å². The van der Waals surface area contributed by atoms with Crippen molar-refractivity contribution < 1.29 is 13.2 Å². The first kappa shape index (κ1) is 18.4. The van der Waals surface area contributed by atoms with Gasteiger partial charge in [-0.1, -0.05) is 24.3 Å². The number of hydrogen-bond donors (Lipinski definition) is 1. The van der Waals surface area contributed by atoms with Crippen LogP contribution in [0.2, 0.25) is 0 Å². The summed E-state index contributed by atoms with van der Waals surface area (Å²) in [6, 6.07) is 15.2. The van der Waals surface area contributed by atoms with E-state index in [2.05, 4.69) is 5.32 Å². The lowest BCUT2D eigenvalue weighted by Crippen LogP contribution is -2.52. The molecule has 1 heterocycles. The lowest BCUT2D eigenvalue weighted by atomic mass is 10.1. The van der Waals surface area contributed by atoms with Gasteiger partial charge in [0.1, 0.15) is 0 Å². The lowest BCUT2D eigenvalue weighted by molar-refractivity contribution is 0.0655. The first-order chi connectivity index (χ1) is 12.4. The van der Waals surface area contributed by atoms with Crippen molar-refractivity contribution >= 4 is 21.6 Å². The molecule has 1 aliphatic heterocycles. The van der Waals surface area contributed by atoms with Crippen molar-refractivity contribution in [2.45, 2.75) is 17.9 Å². The first-order valence-corrected chi connectivity index (χ1v) is 10.0. The van der Waals surface area contributed by atoms with Gasteiger partial charge in [-0.2, -0.15) is 0 Å². The zero-order valence-corrected chi connectivity index (χ0v) is 15.7. The van der Waals surface area contributed by atoms with Crippen molar-refractivity contribution in [3.8, 4) is 0 Å². The Morgan fingerprint density at radius 1 is 1.15 bits per heavy atom. The minimum Gasteiger partial charge on any atom is -0.333 e. The summed E-state index contributed by atoms with van der Waals surface area (Å²) < 4.78 is 27.1.